The molecule has 51 heavy (non-hydrogen) atoms. The third-order valence-corrected chi connectivity index (χ3v) is 9.71. The molecule has 0 bridgehead atoms. The van der Waals surface area contributed by atoms with Crippen molar-refractivity contribution in [3.05, 3.63) is 142 Å². The largest absolute Gasteiger partial charge is 0.493 e. The van der Waals surface area contributed by atoms with Crippen LogP contribution in [0.2, 0.25) is 0 Å². The van der Waals surface area contributed by atoms with Gasteiger partial charge in [-0.25, -0.2) is 9.59 Å². The van der Waals surface area contributed by atoms with E-state index >= 15 is 0 Å². The Morgan fingerprint density at radius 3 is 1.25 bits per heavy atom. The molecule has 0 atom stereocenters. The fourth-order valence-electron chi connectivity index (χ4n) is 6.91. The Labute approximate surface area is 306 Å². The number of carbonyl (C=O) groups excluding carboxylic acids is 2. The minimum absolute atomic E-state index is 0.0250. The van der Waals surface area contributed by atoms with E-state index in [0.29, 0.717) is 50.6 Å². The maximum atomic E-state index is 12.5. The Hall–Kier alpha value is -5.28. The van der Waals surface area contributed by atoms with Gasteiger partial charge >= 0.3 is 12.2 Å². The van der Waals surface area contributed by atoms with Gasteiger partial charge < -0.3 is 29.6 Å². The Bertz CT molecular complexity index is 1790. The van der Waals surface area contributed by atoms with Crippen molar-refractivity contribution in [2.75, 3.05) is 39.5 Å². The van der Waals surface area contributed by atoms with E-state index in [0.717, 1.165) is 4.47 Å². The maximum absolute atomic E-state index is 12.5. The van der Waals surface area contributed by atoms with Crippen molar-refractivity contribution in [1.29, 1.82) is 0 Å². The molecule has 0 unspecified atom stereocenters. The molecule has 2 N–H and O–H groups in total. The zero-order chi connectivity index (χ0) is 35.0. The Balaban J connectivity index is 0.777. The highest BCUT2D eigenvalue weighted by molar-refractivity contribution is 9.10. The number of alkyl carbamates (subject to hydrolysis) is 2. The van der Waals surface area contributed by atoms with Crippen molar-refractivity contribution < 1.29 is 28.5 Å². The van der Waals surface area contributed by atoms with Crippen molar-refractivity contribution in [3.8, 4) is 33.8 Å². The molecular weight excluding hydrogens is 708 g/mol. The van der Waals surface area contributed by atoms with Crippen LogP contribution in [0.5, 0.6) is 11.5 Å². The van der Waals surface area contributed by atoms with Gasteiger partial charge in [-0.2, -0.15) is 0 Å². The van der Waals surface area contributed by atoms with Crippen LogP contribution in [-0.2, 0) is 9.47 Å². The van der Waals surface area contributed by atoms with Crippen LogP contribution in [0, 0.1) is 0 Å². The molecule has 9 heteroatoms. The van der Waals surface area contributed by atoms with Crippen LogP contribution >= 0.6 is 15.9 Å². The normalized spacial score (nSPS) is 12.6. The van der Waals surface area contributed by atoms with E-state index in [1.807, 2.05) is 66.7 Å². The summed E-state index contributed by atoms with van der Waals surface area (Å²) in [6.45, 7) is 2.22. The highest BCUT2D eigenvalue weighted by Gasteiger charge is 2.30. The van der Waals surface area contributed by atoms with Crippen LogP contribution in [-0.4, -0.2) is 51.7 Å². The van der Waals surface area contributed by atoms with Gasteiger partial charge in [-0.05, 0) is 69.5 Å². The molecule has 0 spiro atoms. The molecule has 0 radical (unpaired) electrons. The molecule has 5 aromatic carbocycles. The van der Waals surface area contributed by atoms with Crippen molar-refractivity contribution in [1.82, 2.24) is 10.6 Å². The summed E-state index contributed by atoms with van der Waals surface area (Å²) in [6, 6.07) is 38.6. The summed E-state index contributed by atoms with van der Waals surface area (Å²) in [4.78, 5) is 24.9. The second kappa shape index (κ2) is 16.2. The van der Waals surface area contributed by atoms with Gasteiger partial charge in [-0.1, -0.05) is 113 Å². The number of amides is 2. The van der Waals surface area contributed by atoms with Crippen LogP contribution in [0.3, 0.4) is 0 Å². The Morgan fingerprint density at radius 1 is 0.529 bits per heavy atom. The van der Waals surface area contributed by atoms with E-state index in [1.165, 1.54) is 44.5 Å². The molecule has 0 heterocycles. The third kappa shape index (κ3) is 8.05. The van der Waals surface area contributed by atoms with Crippen LogP contribution in [0.1, 0.15) is 46.9 Å². The summed E-state index contributed by atoms with van der Waals surface area (Å²) in [5.74, 6) is 1.35. The topological polar surface area (TPSA) is 95.1 Å². The van der Waals surface area contributed by atoms with Crippen LogP contribution in [0.25, 0.3) is 22.3 Å². The van der Waals surface area contributed by atoms with Gasteiger partial charge in [-0.15, -0.1) is 0 Å². The minimum Gasteiger partial charge on any atom is -0.493 e. The summed E-state index contributed by atoms with van der Waals surface area (Å²) >= 11 is 3.52. The van der Waals surface area contributed by atoms with Gasteiger partial charge in [0.25, 0.3) is 0 Å². The molecule has 8 nitrogen and oxygen atoms in total. The lowest BCUT2D eigenvalue weighted by Crippen LogP contribution is -2.27. The fraction of sp³-hybridized carbons (Fsp3) is 0.238. The molecule has 0 fully saturated rings. The molecule has 2 aliphatic carbocycles. The number of nitrogens with one attached hydrogen (secondary N) is 2. The monoisotopic (exact) mass is 746 g/mol. The third-order valence-electron chi connectivity index (χ3n) is 9.25. The second-order valence-corrected chi connectivity index (χ2v) is 13.4. The molecule has 2 amide bonds. The van der Waals surface area contributed by atoms with E-state index in [4.69, 9.17) is 18.9 Å². The number of ether oxygens (including phenoxy) is 4. The van der Waals surface area contributed by atoms with Gasteiger partial charge in [0.2, 0.25) is 0 Å². The molecule has 260 valence electrons. The van der Waals surface area contributed by atoms with Gasteiger partial charge in [0, 0.05) is 35.5 Å². The van der Waals surface area contributed by atoms with Gasteiger partial charge in [0.05, 0.1) is 13.2 Å². The molecule has 7 rings (SSSR count). The highest BCUT2D eigenvalue weighted by atomic mass is 79.9. The summed E-state index contributed by atoms with van der Waals surface area (Å²) in [5, 5.41) is 5.65. The Kier molecular flexibility index (Phi) is 10.8. The molecular formula is C42H39BrN2O6. The summed E-state index contributed by atoms with van der Waals surface area (Å²) in [7, 11) is 0. The lowest BCUT2D eigenvalue weighted by molar-refractivity contribution is 0.141. The van der Waals surface area contributed by atoms with Gasteiger partial charge in [0.1, 0.15) is 24.7 Å². The number of hydrogen-bond donors (Lipinski definition) is 2. The first kappa shape index (κ1) is 34.2. The van der Waals surface area contributed by atoms with Crippen molar-refractivity contribution in [3.63, 3.8) is 0 Å². The molecule has 0 saturated heterocycles. The second-order valence-electron chi connectivity index (χ2n) is 12.5. The first-order chi connectivity index (χ1) is 25.0. The van der Waals surface area contributed by atoms with Crippen LogP contribution in [0.4, 0.5) is 9.59 Å². The smallest absolute Gasteiger partial charge is 0.407 e. The molecule has 2 aliphatic rings. The number of halogens is 1. The van der Waals surface area contributed by atoms with E-state index in [-0.39, 0.29) is 25.0 Å². The quantitative estimate of drug-likeness (QED) is 0.110. The lowest BCUT2D eigenvalue weighted by Gasteiger charge is -2.15. The number of fused-ring (bicyclic) bond motifs is 6. The number of carbonyl (C=O) groups is 2. The molecule has 0 saturated carbocycles. The van der Waals surface area contributed by atoms with Gasteiger partial charge in [-0.3, -0.25) is 0 Å². The number of rotatable bonds is 14. The molecule has 5 aromatic rings. The van der Waals surface area contributed by atoms with Gasteiger partial charge in [0.15, 0.2) is 0 Å². The van der Waals surface area contributed by atoms with E-state index < -0.39 is 12.2 Å². The van der Waals surface area contributed by atoms with E-state index in [9.17, 15) is 9.59 Å². The predicted molar refractivity (Wildman–Crippen MR) is 201 cm³/mol. The first-order valence-electron chi connectivity index (χ1n) is 17.3. The molecule has 0 aliphatic heterocycles. The van der Waals surface area contributed by atoms with Crippen molar-refractivity contribution >= 4 is 28.1 Å². The minimum atomic E-state index is -0.442. The highest BCUT2D eigenvalue weighted by Crippen LogP contribution is 2.45. The standard InChI is InChI=1S/C42H39BrN2O6/c43-28-23-29(48-21-9-19-44-41(46)50-26-39-35-15-5-1-11-31(35)32-12-2-6-16-36(32)39)25-30(24-28)49-22-10-20-45-42(47)51-27-40-37-17-7-3-13-33(37)34-14-4-8-18-38(34)40/h1-8,11-18,23-25,39-40H,9-10,19-22,26-27H2,(H,44,46)(H,45,47). The van der Waals surface area contributed by atoms with E-state index in [2.05, 4.69) is 75.1 Å². The first-order valence-corrected chi connectivity index (χ1v) is 18.1. The number of hydrogen-bond acceptors (Lipinski definition) is 6. The number of benzene rings is 5. The predicted octanol–water partition coefficient (Wildman–Crippen LogP) is 9.06. The fourth-order valence-corrected chi connectivity index (χ4v) is 7.36. The average molecular weight is 748 g/mol. The maximum Gasteiger partial charge on any atom is 0.407 e. The van der Waals surface area contributed by atoms with Crippen molar-refractivity contribution in [2.24, 2.45) is 0 Å². The zero-order valence-corrected chi connectivity index (χ0v) is 29.7. The van der Waals surface area contributed by atoms with Crippen LogP contribution < -0.4 is 20.1 Å². The van der Waals surface area contributed by atoms with Crippen LogP contribution in [0.15, 0.2) is 120 Å². The van der Waals surface area contributed by atoms with Crippen molar-refractivity contribution in [2.45, 2.75) is 24.7 Å². The lowest BCUT2D eigenvalue weighted by atomic mass is 9.98. The summed E-state index contributed by atoms with van der Waals surface area (Å²) < 4.78 is 23.9. The summed E-state index contributed by atoms with van der Waals surface area (Å²) in [5.41, 5.74) is 9.52. The SMILES string of the molecule is O=C(NCCCOc1cc(Br)cc(OCCCNC(=O)OCC2c3ccccc3-c3ccccc32)c1)OCC1c2ccccc2-c2ccccc21. The summed E-state index contributed by atoms with van der Waals surface area (Å²) in [6.07, 6.45) is 0.328. The zero-order valence-electron chi connectivity index (χ0n) is 28.1. The Morgan fingerprint density at radius 2 is 0.882 bits per heavy atom. The van der Waals surface area contributed by atoms with E-state index in [1.54, 1.807) is 0 Å². The molecule has 0 aromatic heterocycles. The average Bonchev–Trinajstić information content (AvgIpc) is 3.65.